The van der Waals surface area contributed by atoms with E-state index in [0.29, 0.717) is 61.8 Å². The number of halogens is 1. The van der Waals surface area contributed by atoms with Gasteiger partial charge in [0.05, 0.1) is 34.9 Å². The molecule has 1 aliphatic carbocycles. The third-order valence-electron chi connectivity index (χ3n) is 7.08. The van der Waals surface area contributed by atoms with Gasteiger partial charge in [0.15, 0.2) is 17.2 Å². The molecule has 43 heavy (non-hydrogen) atoms. The molecule has 0 bridgehead atoms. The summed E-state index contributed by atoms with van der Waals surface area (Å²) in [6, 6.07) is 11.6. The molecule has 5 heterocycles. The fourth-order valence-electron chi connectivity index (χ4n) is 4.85. The van der Waals surface area contributed by atoms with E-state index in [1.807, 2.05) is 18.2 Å². The molecule has 0 spiro atoms. The van der Waals surface area contributed by atoms with Crippen molar-refractivity contribution in [3.8, 4) is 33.9 Å². The summed E-state index contributed by atoms with van der Waals surface area (Å²) in [7, 11) is -3.45. The Balaban J connectivity index is 1.25. The van der Waals surface area contributed by atoms with Crippen LogP contribution in [0, 0.1) is 11.7 Å². The molecule has 6 aromatic rings. The number of imidazole rings is 1. The Kier molecular flexibility index (Phi) is 6.43. The minimum atomic E-state index is -3.45. The molecule has 5 aromatic heterocycles. The van der Waals surface area contributed by atoms with Crippen molar-refractivity contribution in [2.45, 2.75) is 19.4 Å². The smallest absolute Gasteiger partial charge is 0.227 e. The zero-order valence-corrected chi connectivity index (χ0v) is 23.5. The molecule has 1 saturated carbocycles. The molecule has 4 N–H and O–H groups in total. The van der Waals surface area contributed by atoms with Crippen LogP contribution in [0.3, 0.4) is 0 Å². The van der Waals surface area contributed by atoms with E-state index < -0.39 is 15.8 Å². The quantitative estimate of drug-likeness (QED) is 0.203. The van der Waals surface area contributed by atoms with Gasteiger partial charge in [0.2, 0.25) is 15.9 Å². The van der Waals surface area contributed by atoms with Crippen LogP contribution in [0.5, 0.6) is 0 Å². The lowest BCUT2D eigenvalue weighted by Crippen LogP contribution is -2.21. The minimum Gasteiger partial charge on any atom is -0.335 e. The van der Waals surface area contributed by atoms with Crippen LogP contribution < -0.4 is 10.0 Å². The topological polar surface area (TPSA) is 171 Å². The van der Waals surface area contributed by atoms with Crippen molar-refractivity contribution in [1.82, 2.24) is 39.8 Å². The van der Waals surface area contributed by atoms with Crippen molar-refractivity contribution in [2.24, 2.45) is 5.92 Å². The van der Waals surface area contributed by atoms with Gasteiger partial charge in [-0.1, -0.05) is 0 Å². The highest BCUT2D eigenvalue weighted by atomic mass is 32.2. The summed E-state index contributed by atoms with van der Waals surface area (Å²) < 4.78 is 40.1. The lowest BCUT2D eigenvalue weighted by molar-refractivity contribution is -0.117. The van der Waals surface area contributed by atoms with Crippen molar-refractivity contribution < 1.29 is 17.6 Å². The van der Waals surface area contributed by atoms with Gasteiger partial charge in [-0.15, -0.1) is 0 Å². The average Bonchev–Trinajstić information content (AvgIpc) is 3.61. The molecule has 0 unspecified atom stereocenters. The molecule has 1 fully saturated rings. The first-order valence-corrected chi connectivity index (χ1v) is 15.3. The summed E-state index contributed by atoms with van der Waals surface area (Å²) in [5, 5.41) is 10.3. The summed E-state index contributed by atoms with van der Waals surface area (Å²) in [4.78, 5) is 33.6. The van der Waals surface area contributed by atoms with Gasteiger partial charge in [0.25, 0.3) is 0 Å². The molecule has 0 atom stereocenters. The fourth-order valence-corrected chi connectivity index (χ4v) is 5.28. The second-order valence-corrected chi connectivity index (χ2v) is 12.3. The van der Waals surface area contributed by atoms with Crippen molar-refractivity contribution in [2.75, 3.05) is 11.6 Å². The number of carbonyl (C=O) groups excluding carboxylic acids is 1. The minimum absolute atomic E-state index is 0.00242. The molecule has 1 amide bonds. The van der Waals surface area contributed by atoms with Crippen LogP contribution in [0.2, 0.25) is 0 Å². The monoisotopic (exact) mass is 597 g/mol. The largest absolute Gasteiger partial charge is 0.335 e. The van der Waals surface area contributed by atoms with E-state index in [2.05, 4.69) is 40.2 Å². The predicted octanol–water partition coefficient (Wildman–Crippen LogP) is 4.16. The lowest BCUT2D eigenvalue weighted by atomic mass is 10.0. The maximum atomic E-state index is 14.6. The maximum Gasteiger partial charge on any atom is 0.227 e. The molecule has 0 aliphatic heterocycles. The SMILES string of the molecule is CS(=O)(=O)NCc1cc(F)cc(-c2ccnc3nc(-c4n[nH]c5ccc(-c6cncc(NC(=O)C7CC7)c6)nc45)[nH]c23)c1. The molecule has 216 valence electrons. The summed E-state index contributed by atoms with van der Waals surface area (Å²) in [5.41, 5.74) is 6.25. The second kappa shape index (κ2) is 10.3. The molecule has 14 heteroatoms. The highest BCUT2D eigenvalue weighted by Crippen LogP contribution is 2.33. The summed E-state index contributed by atoms with van der Waals surface area (Å²) in [6.07, 6.45) is 7.72. The number of benzene rings is 1. The Morgan fingerprint density at radius 1 is 1.07 bits per heavy atom. The van der Waals surface area contributed by atoms with Crippen molar-refractivity contribution in [1.29, 1.82) is 0 Å². The zero-order chi connectivity index (χ0) is 29.7. The number of carbonyl (C=O) groups is 1. The molecular formula is C29H24FN9O3S. The first kappa shape index (κ1) is 26.8. The lowest BCUT2D eigenvalue weighted by Gasteiger charge is -2.08. The molecule has 0 radical (unpaired) electrons. The van der Waals surface area contributed by atoms with Crippen LogP contribution in [0.15, 0.2) is 61.1 Å². The van der Waals surface area contributed by atoms with Crippen molar-refractivity contribution in [3.05, 3.63) is 72.4 Å². The fraction of sp³-hybridized carbons (Fsp3) is 0.172. The number of rotatable bonds is 8. The maximum absolute atomic E-state index is 14.6. The average molecular weight is 598 g/mol. The van der Waals surface area contributed by atoms with E-state index in [-0.39, 0.29) is 18.4 Å². The van der Waals surface area contributed by atoms with E-state index in [0.717, 1.165) is 24.7 Å². The summed E-state index contributed by atoms with van der Waals surface area (Å²) in [6.45, 7) is -0.0510. The van der Waals surface area contributed by atoms with Crippen molar-refractivity contribution >= 4 is 43.8 Å². The van der Waals surface area contributed by atoms with E-state index in [9.17, 15) is 17.6 Å². The van der Waals surface area contributed by atoms with Gasteiger partial charge in [0, 0.05) is 36.0 Å². The predicted molar refractivity (Wildman–Crippen MR) is 158 cm³/mol. The molecule has 1 aliphatic rings. The van der Waals surface area contributed by atoms with Gasteiger partial charge in [0.1, 0.15) is 11.3 Å². The van der Waals surface area contributed by atoms with Crippen LogP contribution in [-0.4, -0.2) is 55.7 Å². The number of hydrogen-bond donors (Lipinski definition) is 4. The third-order valence-corrected chi connectivity index (χ3v) is 7.75. The van der Waals surface area contributed by atoms with Gasteiger partial charge in [-0.05, 0) is 66.4 Å². The number of aromatic amines is 2. The Labute approximate surface area is 244 Å². The van der Waals surface area contributed by atoms with Gasteiger partial charge in [-0.25, -0.2) is 32.5 Å². The van der Waals surface area contributed by atoms with E-state index >= 15 is 0 Å². The number of amides is 1. The Bertz CT molecular complexity index is 2160. The first-order valence-electron chi connectivity index (χ1n) is 13.4. The standard InChI is InChI=1S/C29H24FN9O3S/c1-43(41,42)33-12-15-8-17(10-19(30)9-15)21-6-7-32-27-24(21)36-28(37-27)26-25-23(38-39-26)5-4-22(35-25)18-11-20(14-31-13-18)34-29(40)16-2-3-16/h4-11,13-14,16,33H,2-3,12H2,1H3,(H,34,40)(H,38,39)(H,32,36,37). The van der Waals surface area contributed by atoms with E-state index in [1.165, 1.54) is 12.1 Å². The number of H-pyrrole nitrogens is 2. The molecule has 0 saturated heterocycles. The molecular weight excluding hydrogens is 573 g/mol. The van der Waals surface area contributed by atoms with Crippen LogP contribution in [0.1, 0.15) is 18.4 Å². The molecule has 7 rings (SSSR count). The summed E-state index contributed by atoms with van der Waals surface area (Å²) in [5.74, 6) is -0.0272. The number of pyridine rings is 3. The number of sulfonamides is 1. The number of fused-ring (bicyclic) bond motifs is 2. The van der Waals surface area contributed by atoms with Gasteiger partial charge >= 0.3 is 0 Å². The third kappa shape index (κ3) is 5.57. The molecule has 1 aromatic carbocycles. The Hall–Kier alpha value is -5.08. The number of nitrogens with zero attached hydrogens (tertiary/aromatic N) is 5. The first-order chi connectivity index (χ1) is 20.7. The van der Waals surface area contributed by atoms with E-state index in [4.69, 9.17) is 4.98 Å². The van der Waals surface area contributed by atoms with E-state index in [1.54, 1.807) is 30.7 Å². The highest BCUT2D eigenvalue weighted by Gasteiger charge is 2.29. The Morgan fingerprint density at radius 2 is 1.93 bits per heavy atom. The number of anilines is 1. The summed E-state index contributed by atoms with van der Waals surface area (Å²) >= 11 is 0. The van der Waals surface area contributed by atoms with Crippen molar-refractivity contribution in [3.63, 3.8) is 0 Å². The van der Waals surface area contributed by atoms with Gasteiger partial charge in [-0.2, -0.15) is 5.10 Å². The molecule has 12 nitrogen and oxygen atoms in total. The number of aromatic nitrogens is 7. The Morgan fingerprint density at radius 3 is 2.74 bits per heavy atom. The normalized spacial score (nSPS) is 13.5. The van der Waals surface area contributed by atoms with Crippen LogP contribution in [0.4, 0.5) is 10.1 Å². The van der Waals surface area contributed by atoms with Crippen LogP contribution in [-0.2, 0) is 21.4 Å². The number of nitrogens with one attached hydrogen (secondary N) is 4. The van der Waals surface area contributed by atoms with Crippen LogP contribution >= 0.6 is 0 Å². The number of hydrogen-bond acceptors (Lipinski definition) is 8. The van der Waals surface area contributed by atoms with Crippen LogP contribution in [0.25, 0.3) is 56.1 Å². The highest BCUT2D eigenvalue weighted by molar-refractivity contribution is 7.88. The zero-order valence-electron chi connectivity index (χ0n) is 22.7. The second-order valence-electron chi connectivity index (χ2n) is 10.5. The van der Waals surface area contributed by atoms with Gasteiger partial charge in [-0.3, -0.25) is 14.9 Å². The van der Waals surface area contributed by atoms with Gasteiger partial charge < -0.3 is 10.3 Å².